The number of alkyl halides is 3. The van der Waals surface area contributed by atoms with Crippen molar-refractivity contribution >= 4 is 23.0 Å². The van der Waals surface area contributed by atoms with Gasteiger partial charge < -0.3 is 8.60 Å². The lowest BCUT2D eigenvalue weighted by Crippen LogP contribution is -2.05. The third-order valence-electron chi connectivity index (χ3n) is 2.17. The molecule has 0 aliphatic heterocycles. The van der Waals surface area contributed by atoms with Gasteiger partial charge in [-0.05, 0) is 18.6 Å². The number of hydrogen-bond donors (Lipinski definition) is 0. The summed E-state index contributed by atoms with van der Waals surface area (Å²) in [5.41, 5.74) is -4.44. The molecule has 1 heterocycles. The Hall–Kier alpha value is -1.63. The Morgan fingerprint density at radius 2 is 2.06 bits per heavy atom. The quantitative estimate of drug-likeness (QED) is 0.620. The van der Waals surface area contributed by atoms with Gasteiger partial charge in [-0.2, -0.15) is 13.2 Å². The van der Waals surface area contributed by atoms with E-state index in [4.69, 9.17) is 4.42 Å². The van der Waals surface area contributed by atoms with Crippen LogP contribution in [0.15, 0.2) is 33.5 Å². The highest BCUT2D eigenvalue weighted by atomic mass is 32.2. The second-order valence-corrected chi connectivity index (χ2v) is 4.29. The second-order valence-electron chi connectivity index (χ2n) is 3.49. The van der Waals surface area contributed by atoms with Gasteiger partial charge in [-0.15, -0.1) is 0 Å². The van der Waals surface area contributed by atoms with Gasteiger partial charge in [0.15, 0.2) is 17.8 Å². The van der Waals surface area contributed by atoms with Crippen molar-refractivity contribution in [2.75, 3.05) is 0 Å². The number of halogens is 3. The minimum Gasteiger partial charge on any atom is -0.422 e. The molecule has 0 N–H and O–H groups in total. The summed E-state index contributed by atoms with van der Waals surface area (Å²) in [7, 11) is 0. The summed E-state index contributed by atoms with van der Waals surface area (Å²) in [6, 6.07) is 5.72. The van der Waals surface area contributed by atoms with Crippen LogP contribution in [0.2, 0.25) is 0 Å². The van der Waals surface area contributed by atoms with Crippen LogP contribution in [-0.4, -0.2) is 5.51 Å². The molecule has 0 saturated carbocycles. The normalized spacial score (nSPS) is 11.8. The van der Waals surface area contributed by atoms with Crippen LogP contribution in [0.1, 0.15) is 5.56 Å². The second kappa shape index (κ2) is 4.56. The number of fused-ring (bicyclic) bond motifs is 1. The number of hydrogen-bond acceptors (Lipinski definition) is 4. The fraction of sp³-hybridized carbons (Fsp3) is 0.182. The molecule has 1 aromatic heterocycles. The SMILES string of the molecule is Cc1cccc2oc(=O)cc(OSC(F)(F)F)c12. The fourth-order valence-corrected chi connectivity index (χ4v) is 1.83. The molecule has 7 heteroatoms. The topological polar surface area (TPSA) is 39.4 Å². The van der Waals surface area contributed by atoms with Gasteiger partial charge in [0.25, 0.3) is 0 Å². The standard InChI is InChI=1S/C11H7F3O3S/c1-6-3-2-4-7-10(6)8(5-9(15)16-7)17-18-11(12,13)14/h2-5H,1H3. The molecular weight excluding hydrogens is 269 g/mol. The smallest absolute Gasteiger partial charge is 0.422 e. The lowest BCUT2D eigenvalue weighted by Gasteiger charge is -2.09. The molecule has 96 valence electrons. The minimum atomic E-state index is -4.54. The molecule has 0 unspecified atom stereocenters. The van der Waals surface area contributed by atoms with E-state index in [0.717, 1.165) is 6.07 Å². The summed E-state index contributed by atoms with van der Waals surface area (Å²) in [6.07, 6.45) is 0. The van der Waals surface area contributed by atoms with Crippen LogP contribution in [0.4, 0.5) is 13.2 Å². The van der Waals surface area contributed by atoms with Crippen LogP contribution < -0.4 is 9.81 Å². The van der Waals surface area contributed by atoms with E-state index in [1.807, 2.05) is 0 Å². The highest BCUT2D eigenvalue weighted by Gasteiger charge is 2.32. The number of rotatable bonds is 2. The predicted octanol–water partition coefficient (Wildman–Crippen LogP) is 3.65. The summed E-state index contributed by atoms with van der Waals surface area (Å²) >= 11 is -0.662. The molecule has 0 spiro atoms. The van der Waals surface area contributed by atoms with E-state index in [1.54, 1.807) is 19.1 Å². The van der Waals surface area contributed by atoms with Crippen LogP contribution in [-0.2, 0) is 0 Å². The molecule has 18 heavy (non-hydrogen) atoms. The third kappa shape index (κ3) is 2.79. The van der Waals surface area contributed by atoms with Crippen molar-refractivity contribution in [1.82, 2.24) is 0 Å². The fourth-order valence-electron chi connectivity index (χ4n) is 1.52. The van der Waals surface area contributed by atoms with Crippen molar-refractivity contribution in [2.45, 2.75) is 12.4 Å². The predicted molar refractivity (Wildman–Crippen MR) is 61.5 cm³/mol. The molecule has 0 atom stereocenters. The Bertz CT molecular complexity index is 633. The first-order chi connectivity index (χ1) is 8.37. The van der Waals surface area contributed by atoms with E-state index in [1.165, 1.54) is 6.07 Å². The average Bonchev–Trinajstić information content (AvgIpc) is 2.24. The van der Waals surface area contributed by atoms with Gasteiger partial charge in [-0.25, -0.2) is 4.79 Å². The molecule has 0 radical (unpaired) electrons. The zero-order valence-electron chi connectivity index (χ0n) is 9.08. The molecule has 2 aromatic rings. The maximum Gasteiger partial charge on any atom is 0.479 e. The summed E-state index contributed by atoms with van der Waals surface area (Å²) in [6.45, 7) is 1.69. The molecule has 0 aliphatic carbocycles. The number of aryl methyl sites for hydroxylation is 1. The molecule has 2 rings (SSSR count). The van der Waals surface area contributed by atoms with Gasteiger partial charge >= 0.3 is 11.1 Å². The van der Waals surface area contributed by atoms with Gasteiger partial charge in [-0.3, -0.25) is 0 Å². The molecule has 0 aliphatic rings. The molecular formula is C11H7F3O3S. The molecule has 1 aromatic carbocycles. The maximum atomic E-state index is 12.1. The van der Waals surface area contributed by atoms with Crippen LogP contribution in [0, 0.1) is 6.92 Å². The van der Waals surface area contributed by atoms with Gasteiger partial charge in [0.2, 0.25) is 0 Å². The third-order valence-corrected chi connectivity index (χ3v) is 2.62. The molecule has 0 saturated heterocycles. The van der Waals surface area contributed by atoms with Crippen molar-refractivity contribution in [1.29, 1.82) is 0 Å². The van der Waals surface area contributed by atoms with Gasteiger partial charge in [0.05, 0.1) is 11.5 Å². The minimum absolute atomic E-state index is 0.151. The van der Waals surface area contributed by atoms with E-state index in [2.05, 4.69) is 4.18 Å². The Kier molecular flexibility index (Phi) is 3.25. The van der Waals surface area contributed by atoms with Crippen LogP contribution in [0.25, 0.3) is 11.0 Å². The Labute approximate surface area is 104 Å². The summed E-state index contributed by atoms with van der Waals surface area (Å²) in [5.74, 6) is -0.151. The Morgan fingerprint density at radius 3 is 2.72 bits per heavy atom. The van der Waals surface area contributed by atoms with Gasteiger partial charge in [0.1, 0.15) is 5.58 Å². The zero-order valence-corrected chi connectivity index (χ0v) is 9.89. The van der Waals surface area contributed by atoms with Crippen molar-refractivity contribution in [3.63, 3.8) is 0 Å². The summed E-state index contributed by atoms with van der Waals surface area (Å²) < 4.78 is 45.7. The lowest BCUT2D eigenvalue weighted by molar-refractivity contribution is -0.0369. The summed E-state index contributed by atoms with van der Waals surface area (Å²) in [5, 5.41) is 0.355. The summed E-state index contributed by atoms with van der Waals surface area (Å²) in [4.78, 5) is 11.2. The van der Waals surface area contributed by atoms with Crippen molar-refractivity contribution in [2.24, 2.45) is 0 Å². The average molecular weight is 276 g/mol. The largest absolute Gasteiger partial charge is 0.479 e. The first-order valence-corrected chi connectivity index (χ1v) is 5.57. The van der Waals surface area contributed by atoms with E-state index < -0.39 is 23.2 Å². The van der Waals surface area contributed by atoms with E-state index >= 15 is 0 Å². The van der Waals surface area contributed by atoms with Gasteiger partial charge in [-0.1, -0.05) is 12.1 Å². The monoisotopic (exact) mass is 276 g/mol. The van der Waals surface area contributed by atoms with E-state index in [-0.39, 0.29) is 11.3 Å². The lowest BCUT2D eigenvalue weighted by atomic mass is 10.1. The Morgan fingerprint density at radius 1 is 1.33 bits per heavy atom. The Balaban J connectivity index is 2.52. The first kappa shape index (κ1) is 12.8. The molecule has 0 fully saturated rings. The highest BCUT2D eigenvalue weighted by Crippen LogP contribution is 2.35. The molecule has 3 nitrogen and oxygen atoms in total. The van der Waals surface area contributed by atoms with Crippen molar-refractivity contribution in [3.8, 4) is 5.75 Å². The molecule has 0 amide bonds. The van der Waals surface area contributed by atoms with Gasteiger partial charge in [0, 0.05) is 0 Å². The van der Waals surface area contributed by atoms with E-state index in [0.29, 0.717) is 10.9 Å². The zero-order chi connectivity index (χ0) is 13.3. The molecule has 0 bridgehead atoms. The number of benzene rings is 1. The van der Waals surface area contributed by atoms with Crippen LogP contribution in [0.5, 0.6) is 5.75 Å². The highest BCUT2D eigenvalue weighted by molar-refractivity contribution is 7.95. The van der Waals surface area contributed by atoms with Crippen LogP contribution in [0.3, 0.4) is 0 Å². The van der Waals surface area contributed by atoms with Crippen molar-refractivity contribution in [3.05, 3.63) is 40.2 Å². The maximum absolute atomic E-state index is 12.1. The van der Waals surface area contributed by atoms with E-state index in [9.17, 15) is 18.0 Å². The van der Waals surface area contributed by atoms with Crippen LogP contribution >= 0.6 is 12.0 Å². The van der Waals surface area contributed by atoms with Crippen molar-refractivity contribution < 1.29 is 21.8 Å². The first-order valence-electron chi connectivity index (χ1n) is 4.83.